The first-order valence-electron chi connectivity index (χ1n) is 7.60. The summed E-state index contributed by atoms with van der Waals surface area (Å²) in [6, 6.07) is 12.1. The Hall–Kier alpha value is -2.61. The fraction of sp³-hybridized carbons (Fsp3) is 0.176. The van der Waals surface area contributed by atoms with E-state index in [-0.39, 0.29) is 11.9 Å². The minimum absolute atomic E-state index is 0.304. The second-order valence-corrected chi connectivity index (χ2v) is 6.52. The Morgan fingerprint density at radius 2 is 2.12 bits per heavy atom. The number of fused-ring (bicyclic) bond motifs is 1. The molecule has 4 rings (SSSR count). The van der Waals surface area contributed by atoms with Crippen LogP contribution in [0.5, 0.6) is 5.75 Å². The van der Waals surface area contributed by atoms with Gasteiger partial charge in [-0.1, -0.05) is 33.2 Å². The third-order valence-corrected chi connectivity index (χ3v) is 4.61. The summed E-state index contributed by atoms with van der Waals surface area (Å²) in [5.74, 6) is 0.783. The molecule has 1 aliphatic rings. The van der Waals surface area contributed by atoms with Gasteiger partial charge in [0.2, 0.25) is 0 Å². The molecule has 0 fully saturated rings. The second kappa shape index (κ2) is 6.36. The van der Waals surface area contributed by atoms with Crippen LogP contribution in [-0.2, 0) is 0 Å². The van der Waals surface area contributed by atoms with E-state index in [0.29, 0.717) is 17.9 Å². The number of aromatic nitrogens is 4. The van der Waals surface area contributed by atoms with E-state index < -0.39 is 0 Å². The number of hydrogen-bond acceptors (Lipinski definition) is 5. The molecule has 0 N–H and O–H groups in total. The summed E-state index contributed by atoms with van der Waals surface area (Å²) in [6.07, 6.45) is 0.471. The maximum atomic E-state index is 14.4. The fourth-order valence-electron chi connectivity index (χ4n) is 2.90. The van der Waals surface area contributed by atoms with Crippen LogP contribution in [-0.4, -0.2) is 33.0 Å². The van der Waals surface area contributed by atoms with Crippen LogP contribution in [0.3, 0.4) is 0 Å². The summed E-state index contributed by atoms with van der Waals surface area (Å²) in [4.78, 5) is 4.53. The topological polar surface area (TPSA) is 65.2 Å². The minimum atomic E-state index is -0.374. The van der Waals surface area contributed by atoms with Crippen molar-refractivity contribution in [2.45, 2.75) is 12.5 Å². The van der Waals surface area contributed by atoms with E-state index in [4.69, 9.17) is 4.74 Å². The normalized spacial score (nSPS) is 16.3. The molecule has 8 heteroatoms. The van der Waals surface area contributed by atoms with Gasteiger partial charge in [-0.25, -0.2) is 14.1 Å². The highest BCUT2D eigenvalue weighted by molar-refractivity contribution is 9.10. The number of nitrogens with zero attached hydrogens (tertiary/aromatic N) is 5. The van der Waals surface area contributed by atoms with Gasteiger partial charge in [-0.15, -0.1) is 0 Å². The standard InChI is InChI=1S/C17H13BrFN5O/c1-25-12-4-2-3-10(7-12)15-9-16(24-17(20-15)21-22-23-24)13-8-11(18)5-6-14(13)19/h2-8,16H,9H2,1H3. The van der Waals surface area contributed by atoms with Gasteiger partial charge >= 0.3 is 0 Å². The highest BCUT2D eigenvalue weighted by Gasteiger charge is 2.29. The summed E-state index contributed by atoms with van der Waals surface area (Å²) in [7, 11) is 1.61. The molecule has 1 aliphatic heterocycles. The molecule has 0 spiro atoms. The minimum Gasteiger partial charge on any atom is -0.497 e. The molecule has 6 nitrogen and oxygen atoms in total. The van der Waals surface area contributed by atoms with E-state index in [0.717, 1.165) is 21.5 Å². The number of aliphatic imine (C=N–C) groups is 1. The SMILES string of the molecule is COc1cccc(C2=Nc3nnnn3C(c3cc(Br)ccc3F)C2)c1. The van der Waals surface area contributed by atoms with Crippen molar-refractivity contribution >= 4 is 27.6 Å². The average molecular weight is 402 g/mol. The smallest absolute Gasteiger partial charge is 0.269 e. The van der Waals surface area contributed by atoms with Crippen LogP contribution in [0.1, 0.15) is 23.6 Å². The first kappa shape index (κ1) is 15.9. The zero-order valence-corrected chi connectivity index (χ0v) is 14.8. The molecule has 1 atom stereocenters. The van der Waals surface area contributed by atoms with Crippen molar-refractivity contribution < 1.29 is 9.13 Å². The van der Waals surface area contributed by atoms with Crippen LogP contribution in [0.25, 0.3) is 0 Å². The van der Waals surface area contributed by atoms with E-state index >= 15 is 0 Å². The van der Waals surface area contributed by atoms with Gasteiger partial charge in [0.05, 0.1) is 18.9 Å². The molecule has 3 aromatic rings. The summed E-state index contributed by atoms with van der Waals surface area (Å²) in [5.41, 5.74) is 2.19. The first-order valence-corrected chi connectivity index (χ1v) is 8.40. The molecular formula is C17H13BrFN5O. The quantitative estimate of drug-likeness (QED) is 0.670. The van der Waals surface area contributed by atoms with E-state index in [1.165, 1.54) is 6.07 Å². The first-order chi connectivity index (χ1) is 12.2. The summed E-state index contributed by atoms with van der Waals surface area (Å²) < 4.78 is 22.1. The lowest BCUT2D eigenvalue weighted by molar-refractivity contribution is 0.414. The maximum absolute atomic E-state index is 14.4. The Balaban J connectivity index is 1.81. The monoisotopic (exact) mass is 401 g/mol. The van der Waals surface area contributed by atoms with Crippen molar-refractivity contribution in [3.05, 3.63) is 63.9 Å². The molecule has 2 heterocycles. The van der Waals surface area contributed by atoms with Crippen molar-refractivity contribution in [2.75, 3.05) is 7.11 Å². The van der Waals surface area contributed by atoms with E-state index in [9.17, 15) is 4.39 Å². The van der Waals surface area contributed by atoms with Crippen molar-refractivity contribution in [2.24, 2.45) is 4.99 Å². The van der Waals surface area contributed by atoms with Gasteiger partial charge < -0.3 is 4.74 Å². The van der Waals surface area contributed by atoms with E-state index in [1.807, 2.05) is 24.3 Å². The van der Waals surface area contributed by atoms with Gasteiger partial charge in [0.25, 0.3) is 5.95 Å². The Labute approximate surface area is 151 Å². The molecule has 25 heavy (non-hydrogen) atoms. The van der Waals surface area contributed by atoms with Crippen LogP contribution in [0.4, 0.5) is 10.3 Å². The zero-order chi connectivity index (χ0) is 17.4. The molecule has 126 valence electrons. The van der Waals surface area contributed by atoms with E-state index in [2.05, 4.69) is 36.4 Å². The van der Waals surface area contributed by atoms with E-state index in [1.54, 1.807) is 23.9 Å². The summed E-state index contributed by atoms with van der Waals surface area (Å²) >= 11 is 3.40. The van der Waals surface area contributed by atoms with Crippen molar-refractivity contribution in [1.82, 2.24) is 20.2 Å². The van der Waals surface area contributed by atoms with Crippen LogP contribution in [0, 0.1) is 5.82 Å². The molecule has 0 bridgehead atoms. The Bertz CT molecular complexity index is 971. The molecule has 1 unspecified atom stereocenters. The molecule has 2 aromatic carbocycles. The Morgan fingerprint density at radius 1 is 1.24 bits per heavy atom. The van der Waals surface area contributed by atoms with Gasteiger partial charge in [0, 0.05) is 16.5 Å². The molecule has 0 amide bonds. The number of benzene rings is 2. The van der Waals surface area contributed by atoms with Crippen molar-refractivity contribution in [3.8, 4) is 5.75 Å². The molecule has 0 saturated heterocycles. The van der Waals surface area contributed by atoms with Gasteiger partial charge in [-0.3, -0.25) is 0 Å². The third kappa shape index (κ3) is 2.93. The van der Waals surface area contributed by atoms with Gasteiger partial charge in [0.15, 0.2) is 0 Å². The summed E-state index contributed by atoms with van der Waals surface area (Å²) in [6.45, 7) is 0. The van der Waals surface area contributed by atoms with Crippen molar-refractivity contribution in [1.29, 1.82) is 0 Å². The largest absolute Gasteiger partial charge is 0.497 e. The molecule has 0 aliphatic carbocycles. The maximum Gasteiger partial charge on any atom is 0.269 e. The number of methoxy groups -OCH3 is 1. The van der Waals surface area contributed by atoms with Gasteiger partial charge in [0.1, 0.15) is 11.6 Å². The highest BCUT2D eigenvalue weighted by Crippen LogP contribution is 2.34. The molecule has 0 saturated carbocycles. The van der Waals surface area contributed by atoms with Crippen LogP contribution in [0.15, 0.2) is 51.9 Å². The van der Waals surface area contributed by atoms with Crippen LogP contribution in [0.2, 0.25) is 0 Å². The lowest BCUT2D eigenvalue weighted by Crippen LogP contribution is -2.22. The van der Waals surface area contributed by atoms with Gasteiger partial charge in [-0.05, 0) is 46.3 Å². The number of halogens is 2. The number of rotatable bonds is 3. The van der Waals surface area contributed by atoms with Crippen molar-refractivity contribution in [3.63, 3.8) is 0 Å². The third-order valence-electron chi connectivity index (χ3n) is 4.11. The fourth-order valence-corrected chi connectivity index (χ4v) is 3.28. The highest BCUT2D eigenvalue weighted by atomic mass is 79.9. The van der Waals surface area contributed by atoms with Crippen LogP contribution >= 0.6 is 15.9 Å². The lowest BCUT2D eigenvalue weighted by Gasteiger charge is -2.23. The Kier molecular flexibility index (Phi) is 4.04. The molecule has 1 aromatic heterocycles. The predicted molar refractivity (Wildman–Crippen MR) is 93.9 cm³/mol. The van der Waals surface area contributed by atoms with Crippen LogP contribution < -0.4 is 4.74 Å². The lowest BCUT2D eigenvalue weighted by atomic mass is 9.95. The number of tetrazole rings is 1. The predicted octanol–water partition coefficient (Wildman–Crippen LogP) is 3.70. The molecular weight excluding hydrogens is 389 g/mol. The van der Waals surface area contributed by atoms with Gasteiger partial charge in [-0.2, -0.15) is 0 Å². The molecule has 0 radical (unpaired) electrons. The number of hydrogen-bond donors (Lipinski definition) is 0. The summed E-state index contributed by atoms with van der Waals surface area (Å²) in [5, 5.41) is 11.6. The Morgan fingerprint density at radius 3 is 2.96 bits per heavy atom. The average Bonchev–Trinajstić information content (AvgIpc) is 3.11. The zero-order valence-electron chi connectivity index (χ0n) is 13.2. The number of ether oxygens (including phenoxy) is 1. The second-order valence-electron chi connectivity index (χ2n) is 5.60.